The van der Waals surface area contributed by atoms with Gasteiger partial charge in [0.2, 0.25) is 0 Å². The van der Waals surface area contributed by atoms with Gasteiger partial charge in [0.25, 0.3) is 0 Å². The van der Waals surface area contributed by atoms with Crippen molar-refractivity contribution in [3.8, 4) is 0 Å². The number of benzene rings is 1. The number of hydrogen-bond donors (Lipinski definition) is 2. The third kappa shape index (κ3) is 3.28. The Morgan fingerprint density at radius 3 is 2.75 bits per heavy atom. The summed E-state index contributed by atoms with van der Waals surface area (Å²) in [5, 5.41) is 16.5. The van der Waals surface area contributed by atoms with Crippen molar-refractivity contribution in [2.75, 3.05) is 0 Å². The molecule has 1 aliphatic carbocycles. The number of rotatable bonds is 4. The molecule has 1 saturated carbocycles. The first kappa shape index (κ1) is 14.8. The summed E-state index contributed by atoms with van der Waals surface area (Å²) >= 11 is 0. The molecule has 0 heterocycles. The number of oxime groups is 1. The van der Waals surface area contributed by atoms with E-state index in [1.165, 1.54) is 11.1 Å². The first-order valence-corrected chi connectivity index (χ1v) is 7.21. The van der Waals surface area contributed by atoms with Crippen LogP contribution < -0.4 is 5.32 Å². The van der Waals surface area contributed by atoms with Gasteiger partial charge in [0.05, 0.1) is 11.3 Å². The normalized spacial score (nSPS) is 28.5. The zero-order chi connectivity index (χ0) is 14.6. The Kier molecular flexibility index (Phi) is 4.61. The summed E-state index contributed by atoms with van der Waals surface area (Å²) in [4.78, 5) is 0. The second-order valence-corrected chi connectivity index (χ2v) is 6.00. The molecule has 0 aromatic heterocycles. The van der Waals surface area contributed by atoms with E-state index in [0.29, 0.717) is 5.92 Å². The molecule has 0 amide bonds. The van der Waals surface area contributed by atoms with Crippen LogP contribution >= 0.6 is 0 Å². The van der Waals surface area contributed by atoms with Gasteiger partial charge in [-0.15, -0.1) is 0 Å². The van der Waals surface area contributed by atoms with Gasteiger partial charge in [0.15, 0.2) is 0 Å². The summed E-state index contributed by atoms with van der Waals surface area (Å²) < 4.78 is 0. The lowest BCUT2D eigenvalue weighted by molar-refractivity contribution is 0.287. The quantitative estimate of drug-likeness (QED) is 0.498. The third-order valence-corrected chi connectivity index (χ3v) is 4.41. The average Bonchev–Trinajstić information content (AvgIpc) is 2.46. The molecule has 1 aromatic rings. The number of allylic oxidation sites excluding steroid dienone is 1. The summed E-state index contributed by atoms with van der Waals surface area (Å²) in [5.74, 6) is 0.438. The predicted octanol–water partition coefficient (Wildman–Crippen LogP) is 3.74. The van der Waals surface area contributed by atoms with Crippen LogP contribution in [-0.4, -0.2) is 16.5 Å². The molecule has 1 fully saturated rings. The Bertz CT molecular complexity index is 495. The second kappa shape index (κ2) is 6.23. The van der Waals surface area contributed by atoms with E-state index in [1.807, 2.05) is 18.2 Å². The van der Waals surface area contributed by atoms with Crippen LogP contribution in [0.2, 0.25) is 0 Å². The largest absolute Gasteiger partial charge is 0.411 e. The van der Waals surface area contributed by atoms with Gasteiger partial charge in [-0.1, -0.05) is 47.6 Å². The molecule has 108 valence electrons. The molecular weight excluding hydrogens is 248 g/mol. The van der Waals surface area contributed by atoms with E-state index in [1.54, 1.807) is 0 Å². The van der Waals surface area contributed by atoms with E-state index in [4.69, 9.17) is 0 Å². The van der Waals surface area contributed by atoms with E-state index in [-0.39, 0.29) is 5.54 Å². The molecule has 2 rings (SSSR count). The molecule has 0 aliphatic heterocycles. The molecule has 2 atom stereocenters. The van der Waals surface area contributed by atoms with Gasteiger partial charge in [-0.05, 0) is 44.6 Å². The van der Waals surface area contributed by atoms with Gasteiger partial charge >= 0.3 is 0 Å². The van der Waals surface area contributed by atoms with Gasteiger partial charge in [0.1, 0.15) is 0 Å². The van der Waals surface area contributed by atoms with Crippen molar-refractivity contribution in [1.29, 1.82) is 0 Å². The van der Waals surface area contributed by atoms with Crippen LogP contribution in [0.3, 0.4) is 0 Å². The average molecular weight is 272 g/mol. The van der Waals surface area contributed by atoms with E-state index in [2.05, 4.69) is 43.0 Å². The Labute approximate surface area is 121 Å². The topological polar surface area (TPSA) is 44.6 Å². The van der Waals surface area contributed by atoms with Crippen molar-refractivity contribution < 1.29 is 5.21 Å². The minimum Gasteiger partial charge on any atom is -0.411 e. The Morgan fingerprint density at radius 1 is 1.45 bits per heavy atom. The predicted molar refractivity (Wildman–Crippen MR) is 83.1 cm³/mol. The van der Waals surface area contributed by atoms with Gasteiger partial charge in [-0.3, -0.25) is 0 Å². The van der Waals surface area contributed by atoms with Gasteiger partial charge in [-0.2, -0.15) is 0 Å². The van der Waals surface area contributed by atoms with E-state index in [9.17, 15) is 5.21 Å². The van der Waals surface area contributed by atoms with Crippen LogP contribution in [0.4, 0.5) is 0 Å². The van der Waals surface area contributed by atoms with Gasteiger partial charge < -0.3 is 10.5 Å². The van der Waals surface area contributed by atoms with Crippen molar-refractivity contribution in [3.63, 3.8) is 0 Å². The minimum atomic E-state index is -0.226. The Balaban J connectivity index is 2.04. The highest BCUT2D eigenvalue weighted by Gasteiger charge is 2.37. The summed E-state index contributed by atoms with van der Waals surface area (Å²) in [6, 6.07) is 10.3. The molecule has 20 heavy (non-hydrogen) atoms. The standard InChI is InChI=1S/C17H24N2O/c1-13(2)15-9-10-17(3,16(11-15)19-20)18-12-14-7-5-4-6-8-14/h4-8,15,18,20H,1,9-12H2,2-3H3/b19-16+/t15-,17+/m1/s1. The molecule has 1 aromatic carbocycles. The fraction of sp³-hybridized carbons (Fsp3) is 0.471. The fourth-order valence-electron chi connectivity index (χ4n) is 2.82. The third-order valence-electron chi connectivity index (χ3n) is 4.41. The monoisotopic (exact) mass is 272 g/mol. The number of nitrogens with zero attached hydrogens (tertiary/aromatic N) is 1. The van der Waals surface area contributed by atoms with Crippen LogP contribution in [0.15, 0.2) is 47.6 Å². The Morgan fingerprint density at radius 2 is 2.15 bits per heavy atom. The molecule has 0 bridgehead atoms. The molecule has 3 nitrogen and oxygen atoms in total. The molecule has 3 heteroatoms. The maximum atomic E-state index is 9.34. The van der Waals surface area contributed by atoms with E-state index in [0.717, 1.165) is 31.5 Å². The zero-order valence-corrected chi connectivity index (χ0v) is 12.4. The van der Waals surface area contributed by atoms with Gasteiger partial charge in [0, 0.05) is 6.54 Å². The fourth-order valence-corrected chi connectivity index (χ4v) is 2.82. The Hall–Kier alpha value is -1.61. The van der Waals surface area contributed by atoms with Crippen LogP contribution in [-0.2, 0) is 6.54 Å². The summed E-state index contributed by atoms with van der Waals surface area (Å²) in [6.45, 7) is 9.00. The van der Waals surface area contributed by atoms with Crippen molar-refractivity contribution in [2.24, 2.45) is 11.1 Å². The maximum absolute atomic E-state index is 9.34. The van der Waals surface area contributed by atoms with E-state index < -0.39 is 0 Å². The van der Waals surface area contributed by atoms with Crippen molar-refractivity contribution >= 4 is 5.71 Å². The van der Waals surface area contributed by atoms with Crippen molar-refractivity contribution in [2.45, 2.75) is 45.2 Å². The van der Waals surface area contributed by atoms with Crippen LogP contribution in [0.5, 0.6) is 0 Å². The highest BCUT2D eigenvalue weighted by molar-refractivity contribution is 5.93. The van der Waals surface area contributed by atoms with Crippen LogP contribution in [0.1, 0.15) is 38.7 Å². The molecule has 0 saturated heterocycles. The lowest BCUT2D eigenvalue weighted by Crippen LogP contribution is -2.52. The van der Waals surface area contributed by atoms with Crippen LogP contribution in [0, 0.1) is 5.92 Å². The smallest absolute Gasteiger partial charge is 0.0774 e. The lowest BCUT2D eigenvalue weighted by Gasteiger charge is -2.39. The first-order chi connectivity index (χ1) is 9.55. The lowest BCUT2D eigenvalue weighted by atomic mass is 9.74. The van der Waals surface area contributed by atoms with Crippen molar-refractivity contribution in [3.05, 3.63) is 48.0 Å². The second-order valence-electron chi connectivity index (χ2n) is 6.00. The van der Waals surface area contributed by atoms with Crippen molar-refractivity contribution in [1.82, 2.24) is 5.32 Å². The van der Waals surface area contributed by atoms with E-state index >= 15 is 0 Å². The van der Waals surface area contributed by atoms with Gasteiger partial charge in [-0.25, -0.2) is 0 Å². The summed E-state index contributed by atoms with van der Waals surface area (Å²) in [7, 11) is 0. The zero-order valence-electron chi connectivity index (χ0n) is 12.4. The minimum absolute atomic E-state index is 0.226. The maximum Gasteiger partial charge on any atom is 0.0774 e. The molecule has 0 spiro atoms. The molecule has 1 aliphatic rings. The molecular formula is C17H24N2O. The first-order valence-electron chi connectivity index (χ1n) is 7.21. The SMILES string of the molecule is C=C(C)[C@@H]1CC[C@](C)(NCc2ccccc2)/C(=N/O)C1. The molecule has 0 radical (unpaired) electrons. The summed E-state index contributed by atoms with van der Waals surface area (Å²) in [5.41, 5.74) is 3.04. The van der Waals surface area contributed by atoms with Crippen LogP contribution in [0.25, 0.3) is 0 Å². The molecule has 2 N–H and O–H groups in total. The molecule has 0 unspecified atom stereocenters. The highest BCUT2D eigenvalue weighted by Crippen LogP contribution is 2.33. The summed E-state index contributed by atoms with van der Waals surface area (Å²) in [6.07, 6.45) is 2.85. The number of nitrogens with one attached hydrogen (secondary N) is 1. The highest BCUT2D eigenvalue weighted by atomic mass is 16.4. The number of hydrogen-bond acceptors (Lipinski definition) is 3.